The van der Waals surface area contributed by atoms with Gasteiger partial charge in [0.1, 0.15) is 0 Å². The van der Waals surface area contributed by atoms with Gasteiger partial charge in [-0.25, -0.2) is 4.79 Å². The van der Waals surface area contributed by atoms with Crippen LogP contribution < -0.4 is 4.90 Å². The van der Waals surface area contributed by atoms with Crippen LogP contribution in [0, 0.1) is 0 Å². The summed E-state index contributed by atoms with van der Waals surface area (Å²) < 4.78 is 0. The highest BCUT2D eigenvalue weighted by atomic mass is 16.4. The summed E-state index contributed by atoms with van der Waals surface area (Å²) in [7, 11) is 0. The van der Waals surface area contributed by atoms with Crippen LogP contribution in [0.2, 0.25) is 0 Å². The molecular weight excluding hydrogens is 180 g/mol. The van der Waals surface area contributed by atoms with E-state index in [4.69, 9.17) is 5.11 Å². The highest BCUT2D eigenvalue weighted by molar-refractivity contribution is 5.90. The van der Waals surface area contributed by atoms with E-state index in [0.717, 1.165) is 18.8 Å². The highest BCUT2D eigenvalue weighted by Crippen LogP contribution is 2.16. The van der Waals surface area contributed by atoms with Crippen molar-refractivity contribution in [2.45, 2.75) is 0 Å². The first kappa shape index (κ1) is 8.74. The maximum atomic E-state index is 10.7. The number of carboxylic acid groups (broad SMARTS) is 1. The van der Waals surface area contributed by atoms with Crippen molar-refractivity contribution >= 4 is 18.0 Å². The van der Waals surface area contributed by atoms with Crippen LogP contribution in [0.5, 0.6) is 0 Å². The van der Waals surface area contributed by atoms with Gasteiger partial charge in [0, 0.05) is 12.2 Å². The Morgan fingerprint density at radius 2 is 2.36 bits per heavy atom. The zero-order valence-electron chi connectivity index (χ0n) is 7.55. The monoisotopic (exact) mass is 190 g/mol. The maximum Gasteiger partial charge on any atom is 0.335 e. The third-order valence-corrected chi connectivity index (χ3v) is 2.12. The quantitative estimate of drug-likeness (QED) is 0.763. The van der Waals surface area contributed by atoms with E-state index in [1.807, 2.05) is 11.0 Å². The molecule has 0 bridgehead atoms. The van der Waals surface area contributed by atoms with Gasteiger partial charge in [-0.3, -0.25) is 4.99 Å². The first-order chi connectivity index (χ1) is 6.77. The van der Waals surface area contributed by atoms with Crippen LogP contribution in [-0.2, 0) is 0 Å². The number of rotatable bonds is 2. The van der Waals surface area contributed by atoms with E-state index in [-0.39, 0.29) is 0 Å². The molecule has 0 atom stereocenters. The molecule has 1 N–H and O–H groups in total. The summed E-state index contributed by atoms with van der Waals surface area (Å²) >= 11 is 0. The van der Waals surface area contributed by atoms with Gasteiger partial charge >= 0.3 is 5.97 Å². The average Bonchev–Trinajstić information content (AvgIpc) is 2.71. The van der Waals surface area contributed by atoms with Crippen molar-refractivity contribution in [3.8, 4) is 0 Å². The van der Waals surface area contributed by atoms with E-state index in [2.05, 4.69) is 4.99 Å². The minimum absolute atomic E-state index is 0.308. The number of aliphatic imine (C=N–C) groups is 1. The number of carbonyl (C=O) groups is 1. The van der Waals surface area contributed by atoms with E-state index >= 15 is 0 Å². The fourth-order valence-electron chi connectivity index (χ4n) is 1.39. The fourth-order valence-corrected chi connectivity index (χ4v) is 1.39. The predicted octanol–water partition coefficient (Wildman–Crippen LogP) is 1.23. The Labute approximate surface area is 81.5 Å². The summed E-state index contributed by atoms with van der Waals surface area (Å²) in [6, 6.07) is 6.85. The molecule has 0 amide bonds. The zero-order valence-corrected chi connectivity index (χ0v) is 7.55. The molecule has 1 heterocycles. The van der Waals surface area contributed by atoms with Crippen molar-refractivity contribution in [1.29, 1.82) is 0 Å². The van der Waals surface area contributed by atoms with Crippen LogP contribution >= 0.6 is 0 Å². The molecule has 72 valence electrons. The summed E-state index contributed by atoms with van der Waals surface area (Å²) in [5.74, 6) is -0.900. The van der Waals surface area contributed by atoms with Gasteiger partial charge in [0.15, 0.2) is 0 Å². The van der Waals surface area contributed by atoms with E-state index in [0.29, 0.717) is 5.56 Å². The number of aromatic carboxylic acids is 1. The van der Waals surface area contributed by atoms with E-state index < -0.39 is 5.97 Å². The lowest BCUT2D eigenvalue weighted by atomic mass is 10.2. The molecule has 1 aromatic carbocycles. The Balaban J connectivity index is 2.30. The van der Waals surface area contributed by atoms with Gasteiger partial charge in [-0.2, -0.15) is 0 Å². The van der Waals surface area contributed by atoms with Gasteiger partial charge in [0.2, 0.25) is 0 Å². The van der Waals surface area contributed by atoms with Gasteiger partial charge in [0.05, 0.1) is 18.4 Å². The summed E-state index contributed by atoms with van der Waals surface area (Å²) in [5, 5.41) is 8.80. The second-order valence-electron chi connectivity index (χ2n) is 3.07. The minimum Gasteiger partial charge on any atom is -0.478 e. The van der Waals surface area contributed by atoms with Crippen molar-refractivity contribution in [1.82, 2.24) is 0 Å². The molecule has 14 heavy (non-hydrogen) atoms. The lowest BCUT2D eigenvalue weighted by molar-refractivity contribution is 0.0697. The Hall–Kier alpha value is -1.84. The smallest absolute Gasteiger partial charge is 0.335 e. The van der Waals surface area contributed by atoms with Crippen molar-refractivity contribution < 1.29 is 9.90 Å². The number of hydrogen-bond acceptors (Lipinski definition) is 3. The molecule has 0 fully saturated rings. The first-order valence-corrected chi connectivity index (χ1v) is 4.37. The van der Waals surface area contributed by atoms with Crippen molar-refractivity contribution in [2.75, 3.05) is 18.0 Å². The predicted molar refractivity (Wildman–Crippen MR) is 54.1 cm³/mol. The molecule has 4 nitrogen and oxygen atoms in total. The van der Waals surface area contributed by atoms with Crippen LogP contribution in [-0.4, -0.2) is 30.5 Å². The van der Waals surface area contributed by atoms with Gasteiger partial charge in [0.25, 0.3) is 0 Å². The van der Waals surface area contributed by atoms with Crippen LogP contribution in [0.4, 0.5) is 5.69 Å². The Morgan fingerprint density at radius 3 is 3.00 bits per heavy atom. The SMILES string of the molecule is O=C(O)c1cccc(N2C=NCC2)c1. The minimum atomic E-state index is -0.900. The molecule has 0 aliphatic carbocycles. The normalized spacial score (nSPS) is 14.7. The molecule has 0 saturated carbocycles. The Kier molecular flexibility index (Phi) is 2.18. The number of benzene rings is 1. The average molecular weight is 190 g/mol. The molecular formula is C10H10N2O2. The molecule has 0 saturated heterocycles. The van der Waals surface area contributed by atoms with Crippen LogP contribution in [0.1, 0.15) is 10.4 Å². The molecule has 1 aliphatic rings. The molecule has 0 unspecified atom stereocenters. The Bertz CT molecular complexity index is 387. The van der Waals surface area contributed by atoms with Crippen molar-refractivity contribution in [2.24, 2.45) is 4.99 Å². The largest absolute Gasteiger partial charge is 0.478 e. The first-order valence-electron chi connectivity index (χ1n) is 4.37. The summed E-state index contributed by atoms with van der Waals surface area (Å²) in [4.78, 5) is 16.7. The molecule has 0 radical (unpaired) electrons. The molecule has 0 aromatic heterocycles. The van der Waals surface area contributed by atoms with E-state index in [1.54, 1.807) is 24.5 Å². The zero-order chi connectivity index (χ0) is 9.97. The molecule has 4 heteroatoms. The maximum absolute atomic E-state index is 10.7. The van der Waals surface area contributed by atoms with E-state index in [1.165, 1.54) is 0 Å². The number of nitrogens with zero attached hydrogens (tertiary/aromatic N) is 2. The number of anilines is 1. The Morgan fingerprint density at radius 1 is 1.50 bits per heavy atom. The lowest BCUT2D eigenvalue weighted by Crippen LogP contribution is -2.18. The van der Waals surface area contributed by atoms with Crippen LogP contribution in [0.3, 0.4) is 0 Å². The number of hydrogen-bond donors (Lipinski definition) is 1. The highest BCUT2D eigenvalue weighted by Gasteiger charge is 2.10. The molecule has 1 aromatic rings. The van der Waals surface area contributed by atoms with E-state index in [9.17, 15) is 4.79 Å². The van der Waals surface area contributed by atoms with Gasteiger partial charge in [-0.15, -0.1) is 0 Å². The molecule has 0 spiro atoms. The lowest BCUT2D eigenvalue weighted by Gasteiger charge is -2.13. The third kappa shape index (κ3) is 1.59. The molecule has 1 aliphatic heterocycles. The van der Waals surface area contributed by atoms with Crippen molar-refractivity contribution in [3.05, 3.63) is 29.8 Å². The standard InChI is InChI=1S/C10H10N2O2/c13-10(14)8-2-1-3-9(6-8)12-5-4-11-7-12/h1-3,6-7H,4-5H2,(H,13,14). The van der Waals surface area contributed by atoms with Gasteiger partial charge < -0.3 is 10.0 Å². The van der Waals surface area contributed by atoms with Crippen LogP contribution in [0.15, 0.2) is 29.3 Å². The number of carboxylic acids is 1. The third-order valence-electron chi connectivity index (χ3n) is 2.12. The van der Waals surface area contributed by atoms with Crippen LogP contribution in [0.25, 0.3) is 0 Å². The van der Waals surface area contributed by atoms with Gasteiger partial charge in [-0.1, -0.05) is 6.07 Å². The summed E-state index contributed by atoms with van der Waals surface area (Å²) in [6.45, 7) is 1.60. The fraction of sp³-hybridized carbons (Fsp3) is 0.200. The van der Waals surface area contributed by atoms with Crippen molar-refractivity contribution in [3.63, 3.8) is 0 Å². The topological polar surface area (TPSA) is 52.9 Å². The van der Waals surface area contributed by atoms with Gasteiger partial charge in [-0.05, 0) is 18.2 Å². The molecule has 2 rings (SSSR count). The summed E-state index contributed by atoms with van der Waals surface area (Å²) in [6.07, 6.45) is 1.74. The summed E-state index contributed by atoms with van der Waals surface area (Å²) in [5.41, 5.74) is 1.19. The second-order valence-corrected chi connectivity index (χ2v) is 3.07. The second kappa shape index (κ2) is 3.49.